The normalized spacial score (nSPS) is 25.2. The van der Waals surface area contributed by atoms with Crippen molar-refractivity contribution in [2.24, 2.45) is 0 Å². The van der Waals surface area contributed by atoms with Crippen LogP contribution in [-0.2, 0) is 0 Å². The Morgan fingerprint density at radius 1 is 1.05 bits per heavy atom. The van der Waals surface area contributed by atoms with Gasteiger partial charge in [-0.25, -0.2) is 10.0 Å². The standard InChI is InChI=1S/C20H24S/c1-21(19-13-7-3-8-14-19,20-15-9-4-10-16-20)17-18-11-5-2-6-12-18/h3-5,7-15,20H,2,6,16-17H2,1H3. The lowest BCUT2D eigenvalue weighted by molar-refractivity contribution is 1.01. The van der Waals surface area contributed by atoms with Gasteiger partial charge in [-0.2, -0.15) is 0 Å². The molecule has 3 rings (SSSR count). The molecule has 0 aliphatic heterocycles. The van der Waals surface area contributed by atoms with Crippen LogP contribution in [-0.4, -0.2) is 17.3 Å². The van der Waals surface area contributed by atoms with Crippen molar-refractivity contribution in [1.82, 2.24) is 0 Å². The maximum atomic E-state index is 2.51. The minimum absolute atomic E-state index is 0.654. The molecule has 2 unspecified atom stereocenters. The third-order valence-corrected chi connectivity index (χ3v) is 8.40. The van der Waals surface area contributed by atoms with Gasteiger partial charge in [-0.15, -0.1) is 0 Å². The van der Waals surface area contributed by atoms with Crippen LogP contribution in [0.4, 0.5) is 0 Å². The smallest absolute Gasteiger partial charge is 0.0145 e. The average Bonchev–Trinajstić information content (AvgIpc) is 2.57. The molecule has 2 aliphatic carbocycles. The van der Waals surface area contributed by atoms with Crippen molar-refractivity contribution in [2.45, 2.75) is 29.4 Å². The van der Waals surface area contributed by atoms with Crippen molar-refractivity contribution < 1.29 is 0 Å². The van der Waals surface area contributed by atoms with Crippen LogP contribution in [0.25, 0.3) is 0 Å². The van der Waals surface area contributed by atoms with Gasteiger partial charge in [0.25, 0.3) is 0 Å². The van der Waals surface area contributed by atoms with E-state index in [1.807, 2.05) is 0 Å². The third kappa shape index (κ3) is 3.24. The summed E-state index contributed by atoms with van der Waals surface area (Å²) in [5, 5.41) is 0.654. The maximum Gasteiger partial charge on any atom is 0.0145 e. The Morgan fingerprint density at radius 2 is 1.90 bits per heavy atom. The van der Waals surface area contributed by atoms with Crippen LogP contribution in [0.5, 0.6) is 0 Å². The molecule has 0 spiro atoms. The van der Waals surface area contributed by atoms with Crippen LogP contribution < -0.4 is 0 Å². The van der Waals surface area contributed by atoms with E-state index < -0.39 is 10.0 Å². The lowest BCUT2D eigenvalue weighted by atomic mass is 10.1. The van der Waals surface area contributed by atoms with Gasteiger partial charge >= 0.3 is 0 Å². The van der Waals surface area contributed by atoms with E-state index in [4.69, 9.17) is 0 Å². The molecule has 21 heavy (non-hydrogen) atoms. The highest BCUT2D eigenvalue weighted by atomic mass is 32.3. The fourth-order valence-electron chi connectivity index (χ4n) is 3.16. The Balaban J connectivity index is 1.94. The zero-order chi connectivity index (χ0) is 14.5. The van der Waals surface area contributed by atoms with Gasteiger partial charge in [-0.1, -0.05) is 72.9 Å². The second-order valence-corrected chi connectivity index (χ2v) is 9.64. The number of hydrogen-bond acceptors (Lipinski definition) is 0. The third-order valence-electron chi connectivity index (χ3n) is 4.43. The highest BCUT2D eigenvalue weighted by Gasteiger charge is 2.29. The second-order valence-electron chi connectivity index (χ2n) is 5.96. The Bertz CT molecular complexity index is 592. The zero-order valence-electron chi connectivity index (χ0n) is 12.7. The van der Waals surface area contributed by atoms with Gasteiger partial charge in [-0.05, 0) is 36.0 Å². The first-order valence-electron chi connectivity index (χ1n) is 7.78. The molecular formula is C20H24S. The quantitative estimate of drug-likeness (QED) is 0.674. The molecule has 0 radical (unpaired) electrons. The predicted octanol–water partition coefficient (Wildman–Crippen LogP) is 5.64. The first-order valence-corrected chi connectivity index (χ1v) is 10.1. The van der Waals surface area contributed by atoms with E-state index in [0.29, 0.717) is 5.25 Å². The van der Waals surface area contributed by atoms with Crippen LogP contribution >= 0.6 is 10.0 Å². The average molecular weight is 296 g/mol. The lowest BCUT2D eigenvalue weighted by Crippen LogP contribution is -2.20. The highest BCUT2D eigenvalue weighted by molar-refractivity contribution is 8.34. The van der Waals surface area contributed by atoms with E-state index in [0.717, 1.165) is 0 Å². The van der Waals surface area contributed by atoms with Crippen molar-refractivity contribution in [3.05, 3.63) is 78.4 Å². The molecule has 1 aromatic rings. The molecule has 1 aromatic carbocycles. The number of benzene rings is 1. The molecule has 2 atom stereocenters. The summed E-state index contributed by atoms with van der Waals surface area (Å²) in [5.74, 6) is 1.20. The first kappa shape index (κ1) is 14.5. The molecule has 0 heterocycles. The Morgan fingerprint density at radius 3 is 2.57 bits per heavy atom. The minimum Gasteiger partial charge on any atom is -0.207 e. The van der Waals surface area contributed by atoms with E-state index in [-0.39, 0.29) is 0 Å². The van der Waals surface area contributed by atoms with Gasteiger partial charge in [0.1, 0.15) is 0 Å². The zero-order valence-corrected chi connectivity index (χ0v) is 13.6. The summed E-state index contributed by atoms with van der Waals surface area (Å²) < 4.78 is 0. The van der Waals surface area contributed by atoms with E-state index in [1.165, 1.54) is 35.5 Å². The molecule has 0 nitrogen and oxygen atoms in total. The van der Waals surface area contributed by atoms with Crippen LogP contribution in [0.2, 0.25) is 0 Å². The minimum atomic E-state index is -0.877. The number of allylic oxidation sites excluding steroid dienone is 6. The summed E-state index contributed by atoms with van der Waals surface area (Å²) in [6.45, 7) is 0. The SMILES string of the molecule is CS(CC1=CCCC=C1)(c1ccccc1)C1C=CC=CC1. The first-order chi connectivity index (χ1) is 10.3. The second kappa shape index (κ2) is 6.53. The molecule has 2 aliphatic rings. The Hall–Kier alpha value is -1.47. The summed E-state index contributed by atoms with van der Waals surface area (Å²) in [6.07, 6.45) is 22.4. The van der Waals surface area contributed by atoms with Crippen LogP contribution in [0.1, 0.15) is 19.3 Å². The number of hydrogen-bond donors (Lipinski definition) is 0. The van der Waals surface area contributed by atoms with Crippen molar-refractivity contribution in [3.63, 3.8) is 0 Å². The molecule has 0 saturated heterocycles. The fourth-order valence-corrected chi connectivity index (χ4v) is 6.55. The van der Waals surface area contributed by atoms with Gasteiger partial charge in [0.2, 0.25) is 0 Å². The van der Waals surface area contributed by atoms with Crippen molar-refractivity contribution >= 4 is 10.0 Å². The molecule has 0 aromatic heterocycles. The van der Waals surface area contributed by atoms with Gasteiger partial charge in [0.15, 0.2) is 0 Å². The highest BCUT2D eigenvalue weighted by Crippen LogP contribution is 2.59. The summed E-state index contributed by atoms with van der Waals surface area (Å²) in [7, 11) is -0.877. The summed E-state index contributed by atoms with van der Waals surface area (Å²) >= 11 is 0. The predicted molar refractivity (Wildman–Crippen MR) is 96.2 cm³/mol. The van der Waals surface area contributed by atoms with Gasteiger partial charge in [0.05, 0.1) is 0 Å². The van der Waals surface area contributed by atoms with Gasteiger partial charge < -0.3 is 0 Å². The Labute approximate surface area is 130 Å². The summed E-state index contributed by atoms with van der Waals surface area (Å²) in [6, 6.07) is 11.2. The largest absolute Gasteiger partial charge is 0.207 e. The fraction of sp³-hybridized carbons (Fsp3) is 0.300. The molecule has 110 valence electrons. The van der Waals surface area contributed by atoms with E-state index in [9.17, 15) is 0 Å². The van der Waals surface area contributed by atoms with Crippen LogP contribution in [0.15, 0.2) is 83.3 Å². The molecule has 0 amide bonds. The van der Waals surface area contributed by atoms with Crippen molar-refractivity contribution in [3.8, 4) is 0 Å². The lowest BCUT2D eigenvalue weighted by Gasteiger charge is -2.43. The molecule has 0 bridgehead atoms. The van der Waals surface area contributed by atoms with Gasteiger partial charge in [-0.3, -0.25) is 0 Å². The number of rotatable bonds is 4. The summed E-state index contributed by atoms with van der Waals surface area (Å²) in [4.78, 5) is 1.54. The van der Waals surface area contributed by atoms with E-state index >= 15 is 0 Å². The summed E-state index contributed by atoms with van der Waals surface area (Å²) in [5.41, 5.74) is 1.53. The Kier molecular flexibility index (Phi) is 4.50. The van der Waals surface area contributed by atoms with Crippen LogP contribution in [0, 0.1) is 0 Å². The monoisotopic (exact) mass is 296 g/mol. The van der Waals surface area contributed by atoms with Gasteiger partial charge in [0, 0.05) is 11.0 Å². The molecule has 0 N–H and O–H groups in total. The van der Waals surface area contributed by atoms with E-state index in [2.05, 4.69) is 79.1 Å². The van der Waals surface area contributed by atoms with Crippen molar-refractivity contribution in [2.75, 3.05) is 12.0 Å². The molecule has 0 saturated carbocycles. The molecule has 1 heteroatoms. The molecular weight excluding hydrogens is 272 g/mol. The molecule has 0 fully saturated rings. The van der Waals surface area contributed by atoms with E-state index in [1.54, 1.807) is 0 Å². The topological polar surface area (TPSA) is 0 Å². The van der Waals surface area contributed by atoms with Crippen molar-refractivity contribution in [1.29, 1.82) is 0 Å². The maximum absolute atomic E-state index is 2.51. The van der Waals surface area contributed by atoms with Crippen LogP contribution in [0.3, 0.4) is 0 Å².